The zero-order chi connectivity index (χ0) is 12.3. The molecule has 0 radical (unpaired) electrons. The Labute approximate surface area is 108 Å². The number of H-pyrrole nitrogens is 1. The van der Waals surface area contributed by atoms with Crippen molar-refractivity contribution in [3.05, 3.63) is 46.2 Å². The molecule has 2 N–H and O–H groups in total. The monoisotopic (exact) mass is 293 g/mol. The van der Waals surface area contributed by atoms with Crippen LogP contribution in [-0.2, 0) is 11.2 Å². The van der Waals surface area contributed by atoms with Crippen LogP contribution < -0.4 is 5.32 Å². The molecule has 1 heterocycles. The molecule has 0 spiro atoms. The number of carbonyl (C=O) groups is 1. The van der Waals surface area contributed by atoms with Gasteiger partial charge in [0.25, 0.3) is 0 Å². The standard InChI is InChI=1S/C12H12BrN3O/c1-8-6-11(16-15-8)7-12(17)14-10-4-2-9(13)3-5-10/h2-6H,7H2,1H3,(H,14,17)(H,15,16). The van der Waals surface area contributed by atoms with Crippen molar-refractivity contribution in [3.63, 3.8) is 0 Å². The van der Waals surface area contributed by atoms with Gasteiger partial charge in [0, 0.05) is 15.9 Å². The molecule has 0 bridgehead atoms. The summed E-state index contributed by atoms with van der Waals surface area (Å²) < 4.78 is 0.985. The molecule has 17 heavy (non-hydrogen) atoms. The highest BCUT2D eigenvalue weighted by Gasteiger charge is 2.06. The summed E-state index contributed by atoms with van der Waals surface area (Å²) >= 11 is 3.34. The number of hydrogen-bond acceptors (Lipinski definition) is 2. The number of rotatable bonds is 3. The summed E-state index contributed by atoms with van der Waals surface area (Å²) in [5, 5.41) is 9.64. The van der Waals surface area contributed by atoms with Crippen LogP contribution in [0.3, 0.4) is 0 Å². The van der Waals surface area contributed by atoms with Crippen LogP contribution in [0.4, 0.5) is 5.69 Å². The fraction of sp³-hybridized carbons (Fsp3) is 0.167. The van der Waals surface area contributed by atoms with Crippen LogP contribution in [0, 0.1) is 6.92 Å². The topological polar surface area (TPSA) is 57.8 Å². The molecule has 4 nitrogen and oxygen atoms in total. The van der Waals surface area contributed by atoms with Gasteiger partial charge in [-0.15, -0.1) is 0 Å². The van der Waals surface area contributed by atoms with E-state index in [2.05, 4.69) is 31.4 Å². The van der Waals surface area contributed by atoms with Crippen molar-refractivity contribution in [3.8, 4) is 0 Å². The van der Waals surface area contributed by atoms with Crippen molar-refractivity contribution in [1.29, 1.82) is 0 Å². The first kappa shape index (κ1) is 11.9. The number of nitrogens with zero attached hydrogens (tertiary/aromatic N) is 1. The number of anilines is 1. The Kier molecular flexibility index (Phi) is 3.58. The highest BCUT2D eigenvalue weighted by molar-refractivity contribution is 9.10. The van der Waals surface area contributed by atoms with Gasteiger partial charge in [0.15, 0.2) is 0 Å². The molecule has 0 aliphatic heterocycles. The van der Waals surface area contributed by atoms with E-state index >= 15 is 0 Å². The lowest BCUT2D eigenvalue weighted by Crippen LogP contribution is -2.14. The normalized spacial score (nSPS) is 10.2. The molecule has 5 heteroatoms. The molecule has 0 saturated heterocycles. The summed E-state index contributed by atoms with van der Waals surface area (Å²) in [6.45, 7) is 1.91. The minimum Gasteiger partial charge on any atom is -0.326 e. The molecule has 0 aliphatic rings. The number of benzene rings is 1. The second-order valence-corrected chi connectivity index (χ2v) is 4.69. The maximum atomic E-state index is 11.7. The largest absolute Gasteiger partial charge is 0.326 e. The summed E-state index contributed by atoms with van der Waals surface area (Å²) in [5.41, 5.74) is 2.49. The van der Waals surface area contributed by atoms with E-state index in [1.165, 1.54) is 0 Å². The quantitative estimate of drug-likeness (QED) is 0.914. The Bertz CT molecular complexity index is 519. The average Bonchev–Trinajstić information content (AvgIpc) is 2.67. The maximum absolute atomic E-state index is 11.7. The van der Waals surface area contributed by atoms with Crippen molar-refractivity contribution in [1.82, 2.24) is 10.2 Å². The van der Waals surface area contributed by atoms with E-state index in [1.54, 1.807) is 0 Å². The fourth-order valence-corrected chi connectivity index (χ4v) is 1.73. The van der Waals surface area contributed by atoms with Gasteiger partial charge in [-0.3, -0.25) is 9.89 Å². The molecule has 0 aliphatic carbocycles. The Hall–Kier alpha value is -1.62. The van der Waals surface area contributed by atoms with Gasteiger partial charge in [0.05, 0.1) is 12.1 Å². The van der Waals surface area contributed by atoms with Crippen molar-refractivity contribution in [2.24, 2.45) is 0 Å². The second kappa shape index (κ2) is 5.14. The van der Waals surface area contributed by atoms with E-state index in [1.807, 2.05) is 37.3 Å². The van der Waals surface area contributed by atoms with Crippen LogP contribution in [0.5, 0.6) is 0 Å². The van der Waals surface area contributed by atoms with Gasteiger partial charge in [-0.2, -0.15) is 5.10 Å². The summed E-state index contributed by atoms with van der Waals surface area (Å²) in [6, 6.07) is 9.32. The SMILES string of the molecule is Cc1cc(CC(=O)Nc2ccc(Br)cc2)n[nH]1. The Morgan fingerprint density at radius 3 is 2.71 bits per heavy atom. The zero-order valence-electron chi connectivity index (χ0n) is 9.33. The number of carbonyl (C=O) groups excluding carboxylic acids is 1. The first-order valence-corrected chi connectivity index (χ1v) is 5.99. The van der Waals surface area contributed by atoms with Crippen LogP contribution in [0.25, 0.3) is 0 Å². The number of hydrogen-bond donors (Lipinski definition) is 2. The van der Waals surface area contributed by atoms with Crippen LogP contribution >= 0.6 is 15.9 Å². The molecule has 88 valence electrons. The van der Waals surface area contributed by atoms with E-state index in [0.29, 0.717) is 0 Å². The lowest BCUT2D eigenvalue weighted by molar-refractivity contribution is -0.115. The predicted octanol–water partition coefficient (Wildman–Crippen LogP) is 2.66. The minimum atomic E-state index is -0.0705. The van der Waals surface area contributed by atoms with Crippen molar-refractivity contribution in [2.75, 3.05) is 5.32 Å². The fourth-order valence-electron chi connectivity index (χ4n) is 1.47. The van der Waals surface area contributed by atoms with Crippen LogP contribution in [0.1, 0.15) is 11.4 Å². The van der Waals surface area contributed by atoms with Gasteiger partial charge in [-0.05, 0) is 37.3 Å². The van der Waals surface area contributed by atoms with Crippen LogP contribution in [-0.4, -0.2) is 16.1 Å². The molecule has 1 aromatic carbocycles. The molecule has 1 amide bonds. The number of aromatic nitrogens is 2. The second-order valence-electron chi connectivity index (χ2n) is 3.77. The molecule has 2 rings (SSSR count). The van der Waals surface area contributed by atoms with E-state index in [4.69, 9.17) is 0 Å². The molecule has 0 atom stereocenters. The summed E-state index contributed by atoms with van der Waals surface area (Å²) in [4.78, 5) is 11.7. The van der Waals surface area contributed by atoms with Gasteiger partial charge in [0.1, 0.15) is 0 Å². The van der Waals surface area contributed by atoms with E-state index < -0.39 is 0 Å². The summed E-state index contributed by atoms with van der Waals surface area (Å²) in [7, 11) is 0. The Morgan fingerprint density at radius 2 is 2.12 bits per heavy atom. The van der Waals surface area contributed by atoms with Crippen molar-refractivity contribution in [2.45, 2.75) is 13.3 Å². The first-order valence-electron chi connectivity index (χ1n) is 5.20. The summed E-state index contributed by atoms with van der Waals surface area (Å²) in [6.07, 6.45) is 0.278. The Morgan fingerprint density at radius 1 is 1.41 bits per heavy atom. The molecule has 0 saturated carbocycles. The number of aromatic amines is 1. The lowest BCUT2D eigenvalue weighted by atomic mass is 10.2. The van der Waals surface area contributed by atoms with E-state index in [0.717, 1.165) is 21.5 Å². The number of amides is 1. The third-order valence-electron chi connectivity index (χ3n) is 2.23. The van der Waals surface area contributed by atoms with Crippen LogP contribution in [0.15, 0.2) is 34.8 Å². The van der Waals surface area contributed by atoms with Crippen LogP contribution in [0.2, 0.25) is 0 Å². The molecule has 2 aromatic rings. The molecule has 0 fully saturated rings. The van der Waals surface area contributed by atoms with E-state index in [9.17, 15) is 4.79 Å². The average molecular weight is 294 g/mol. The van der Waals surface area contributed by atoms with Crippen molar-refractivity contribution >= 4 is 27.5 Å². The maximum Gasteiger partial charge on any atom is 0.230 e. The van der Waals surface area contributed by atoms with Gasteiger partial charge in [-0.25, -0.2) is 0 Å². The third-order valence-corrected chi connectivity index (χ3v) is 2.76. The minimum absolute atomic E-state index is 0.0705. The molecular weight excluding hydrogens is 282 g/mol. The first-order chi connectivity index (χ1) is 8.13. The predicted molar refractivity (Wildman–Crippen MR) is 69.8 cm³/mol. The number of aryl methyl sites for hydroxylation is 1. The molecule has 1 aromatic heterocycles. The summed E-state index contributed by atoms with van der Waals surface area (Å²) in [5.74, 6) is -0.0705. The third kappa shape index (κ3) is 3.42. The highest BCUT2D eigenvalue weighted by Crippen LogP contribution is 2.14. The number of halogens is 1. The van der Waals surface area contributed by atoms with Gasteiger partial charge in [-0.1, -0.05) is 15.9 Å². The van der Waals surface area contributed by atoms with Gasteiger partial charge in [0.2, 0.25) is 5.91 Å². The Balaban J connectivity index is 1.95. The van der Waals surface area contributed by atoms with Gasteiger partial charge < -0.3 is 5.32 Å². The van der Waals surface area contributed by atoms with E-state index in [-0.39, 0.29) is 12.3 Å². The number of nitrogens with one attached hydrogen (secondary N) is 2. The van der Waals surface area contributed by atoms with Crippen molar-refractivity contribution < 1.29 is 4.79 Å². The lowest BCUT2D eigenvalue weighted by Gasteiger charge is -2.03. The van der Waals surface area contributed by atoms with Gasteiger partial charge >= 0.3 is 0 Å². The highest BCUT2D eigenvalue weighted by atomic mass is 79.9. The molecular formula is C12H12BrN3O. The smallest absolute Gasteiger partial charge is 0.230 e. The molecule has 0 unspecified atom stereocenters. The zero-order valence-corrected chi connectivity index (χ0v) is 10.9.